The van der Waals surface area contributed by atoms with Crippen LogP contribution in [-0.2, 0) is 10.1 Å². The molecule has 1 aromatic rings. The van der Waals surface area contributed by atoms with E-state index in [1.807, 2.05) is 0 Å². The Balaban J connectivity index is 2.88. The van der Waals surface area contributed by atoms with Gasteiger partial charge in [0, 0.05) is 0 Å². The topological polar surface area (TPSA) is 54.4 Å². The molecule has 0 aromatic heterocycles. The summed E-state index contributed by atoms with van der Waals surface area (Å²) in [7, 11) is -4.01. The van der Waals surface area contributed by atoms with Crippen LogP contribution in [0.2, 0.25) is 0 Å². The molecule has 15 heavy (non-hydrogen) atoms. The predicted octanol–water partition coefficient (Wildman–Crippen LogP) is 2.23. The minimum Gasteiger partial charge on any atom is -0.285 e. The maximum atomic E-state index is 10.6. The lowest BCUT2D eigenvalue weighted by Crippen LogP contribution is -2.05. The van der Waals surface area contributed by atoms with Crippen LogP contribution < -0.4 is 0 Å². The lowest BCUT2D eigenvalue weighted by molar-refractivity contribution is 0.487. The van der Waals surface area contributed by atoms with Crippen molar-refractivity contribution in [3.05, 3.63) is 48.6 Å². The normalized spacial score (nSPS) is 11.0. The van der Waals surface area contributed by atoms with Gasteiger partial charge in [-0.25, -0.2) is 0 Å². The Morgan fingerprint density at radius 3 is 2.27 bits per heavy atom. The van der Waals surface area contributed by atoms with Gasteiger partial charge in [0.15, 0.2) is 0 Å². The Bertz CT molecular complexity index is 469. The van der Waals surface area contributed by atoms with Crippen LogP contribution in [0.3, 0.4) is 0 Å². The van der Waals surface area contributed by atoms with E-state index in [1.165, 1.54) is 0 Å². The average Bonchev–Trinajstić information content (AvgIpc) is 2.15. The molecule has 0 unspecified atom stereocenters. The van der Waals surface area contributed by atoms with Crippen molar-refractivity contribution in [1.29, 1.82) is 0 Å². The third kappa shape index (κ3) is 3.69. The third-order valence-corrected chi connectivity index (χ3v) is 2.62. The molecule has 1 rings (SSSR count). The van der Waals surface area contributed by atoms with Gasteiger partial charge in [-0.05, 0) is 16.7 Å². The first kappa shape index (κ1) is 11.7. The maximum absolute atomic E-state index is 10.6. The van der Waals surface area contributed by atoms with Crippen molar-refractivity contribution < 1.29 is 13.0 Å². The van der Waals surface area contributed by atoms with Gasteiger partial charge >= 0.3 is 0 Å². The molecule has 0 bridgehead atoms. The minimum atomic E-state index is -4.01. The number of hydrogen-bond acceptors (Lipinski definition) is 2. The molecule has 0 heterocycles. The van der Waals surface area contributed by atoms with Crippen LogP contribution in [0.5, 0.6) is 0 Å². The van der Waals surface area contributed by atoms with E-state index in [9.17, 15) is 8.42 Å². The Hall–Kier alpha value is -1.39. The zero-order valence-electron chi connectivity index (χ0n) is 8.18. The van der Waals surface area contributed by atoms with E-state index >= 15 is 0 Å². The average molecular weight is 224 g/mol. The minimum absolute atomic E-state index is 0.369. The molecule has 3 nitrogen and oxygen atoms in total. The molecule has 0 fully saturated rings. The van der Waals surface area contributed by atoms with Crippen LogP contribution in [0.1, 0.15) is 11.1 Å². The van der Waals surface area contributed by atoms with Gasteiger partial charge in [-0.15, -0.1) is 0 Å². The fourth-order valence-electron chi connectivity index (χ4n) is 1.16. The fourth-order valence-corrected chi connectivity index (χ4v) is 1.77. The fraction of sp³-hybridized carbons (Fsp3) is 0.0909. The molecule has 1 aromatic carbocycles. The summed E-state index contributed by atoms with van der Waals surface area (Å²) in [6, 6.07) is 7.09. The monoisotopic (exact) mass is 224 g/mol. The summed E-state index contributed by atoms with van der Waals surface area (Å²) in [6.45, 7) is 7.21. The zero-order valence-corrected chi connectivity index (χ0v) is 9.00. The molecule has 0 atom stereocenters. The van der Waals surface area contributed by atoms with E-state index in [1.54, 1.807) is 30.3 Å². The lowest BCUT2D eigenvalue weighted by atomic mass is 10.1. The first-order chi connectivity index (χ1) is 6.92. The van der Waals surface area contributed by atoms with E-state index in [4.69, 9.17) is 4.55 Å². The summed E-state index contributed by atoms with van der Waals surface area (Å²) in [6.07, 6.45) is 1.69. The zero-order chi connectivity index (χ0) is 11.5. The Morgan fingerprint density at radius 1 is 1.33 bits per heavy atom. The molecule has 0 saturated heterocycles. The van der Waals surface area contributed by atoms with Gasteiger partial charge in [-0.2, -0.15) is 8.42 Å². The van der Waals surface area contributed by atoms with Crippen LogP contribution in [-0.4, -0.2) is 18.7 Å². The molecule has 0 spiro atoms. The van der Waals surface area contributed by atoms with Gasteiger partial charge in [-0.3, -0.25) is 4.55 Å². The molecule has 0 radical (unpaired) electrons. The van der Waals surface area contributed by atoms with Crippen molar-refractivity contribution in [3.8, 4) is 0 Å². The second-order valence-electron chi connectivity index (χ2n) is 3.16. The highest BCUT2D eigenvalue weighted by atomic mass is 32.2. The van der Waals surface area contributed by atoms with Gasteiger partial charge in [0.25, 0.3) is 10.1 Å². The summed E-state index contributed by atoms with van der Waals surface area (Å²) in [5.74, 6) is -0.444. The Kier molecular flexibility index (Phi) is 3.44. The molecular weight excluding hydrogens is 212 g/mol. The summed E-state index contributed by atoms with van der Waals surface area (Å²) in [5, 5.41) is 0. The number of rotatable bonds is 4. The standard InChI is InChI=1S/C11H12O3S/c1-3-10-4-6-11(7-5-10)9(2)8-15(12,13)14/h3-7H,1-2,8H2,(H,12,13,14). The van der Waals surface area contributed by atoms with E-state index in [0.29, 0.717) is 11.1 Å². The van der Waals surface area contributed by atoms with E-state index in [2.05, 4.69) is 13.2 Å². The van der Waals surface area contributed by atoms with Crippen LogP contribution >= 0.6 is 0 Å². The molecule has 0 aliphatic rings. The smallest absolute Gasteiger partial charge is 0.269 e. The van der Waals surface area contributed by atoms with Gasteiger partial charge in [-0.1, -0.05) is 43.5 Å². The molecular formula is C11H12O3S. The highest BCUT2D eigenvalue weighted by Gasteiger charge is 2.08. The number of benzene rings is 1. The van der Waals surface area contributed by atoms with Crippen molar-refractivity contribution in [2.75, 3.05) is 5.75 Å². The summed E-state index contributed by atoms with van der Waals surface area (Å²) in [5.41, 5.74) is 2.00. The first-order valence-electron chi connectivity index (χ1n) is 4.28. The van der Waals surface area contributed by atoms with Crippen molar-refractivity contribution in [2.45, 2.75) is 0 Å². The predicted molar refractivity (Wildman–Crippen MR) is 62.0 cm³/mol. The van der Waals surface area contributed by atoms with Crippen LogP contribution in [0.15, 0.2) is 37.4 Å². The molecule has 1 N–H and O–H groups in total. The van der Waals surface area contributed by atoms with E-state index in [0.717, 1.165) is 5.56 Å². The SMILES string of the molecule is C=Cc1ccc(C(=C)CS(=O)(=O)O)cc1. The highest BCUT2D eigenvalue weighted by Crippen LogP contribution is 2.15. The van der Waals surface area contributed by atoms with Gasteiger partial charge in [0.1, 0.15) is 5.75 Å². The first-order valence-corrected chi connectivity index (χ1v) is 5.89. The van der Waals surface area contributed by atoms with Gasteiger partial charge in [0.2, 0.25) is 0 Å². The van der Waals surface area contributed by atoms with Crippen LogP contribution in [0, 0.1) is 0 Å². The van der Waals surface area contributed by atoms with Crippen molar-refractivity contribution in [2.24, 2.45) is 0 Å². The molecule has 80 valence electrons. The van der Waals surface area contributed by atoms with Crippen molar-refractivity contribution in [3.63, 3.8) is 0 Å². The second-order valence-corrected chi connectivity index (χ2v) is 4.61. The number of hydrogen-bond donors (Lipinski definition) is 1. The Labute approximate surface area is 89.5 Å². The molecule has 0 saturated carbocycles. The molecule has 0 aliphatic carbocycles. The van der Waals surface area contributed by atoms with E-state index < -0.39 is 15.9 Å². The second kappa shape index (κ2) is 4.42. The van der Waals surface area contributed by atoms with Crippen molar-refractivity contribution in [1.82, 2.24) is 0 Å². The Morgan fingerprint density at radius 2 is 1.87 bits per heavy atom. The highest BCUT2D eigenvalue weighted by molar-refractivity contribution is 7.86. The third-order valence-electron chi connectivity index (χ3n) is 1.91. The summed E-state index contributed by atoms with van der Waals surface area (Å²) < 4.78 is 29.9. The van der Waals surface area contributed by atoms with Crippen LogP contribution in [0.25, 0.3) is 11.6 Å². The molecule has 0 amide bonds. The molecule has 4 heteroatoms. The summed E-state index contributed by atoms with van der Waals surface area (Å²) in [4.78, 5) is 0. The molecule has 0 aliphatic heterocycles. The largest absolute Gasteiger partial charge is 0.285 e. The van der Waals surface area contributed by atoms with E-state index in [-0.39, 0.29) is 0 Å². The quantitative estimate of drug-likeness (QED) is 0.798. The van der Waals surface area contributed by atoms with Crippen molar-refractivity contribution >= 4 is 21.8 Å². The maximum Gasteiger partial charge on any atom is 0.269 e. The van der Waals surface area contributed by atoms with Crippen LogP contribution in [0.4, 0.5) is 0 Å². The summed E-state index contributed by atoms with van der Waals surface area (Å²) >= 11 is 0. The lowest BCUT2D eigenvalue weighted by Gasteiger charge is -2.03. The van der Waals surface area contributed by atoms with Gasteiger partial charge in [0.05, 0.1) is 0 Å². The van der Waals surface area contributed by atoms with Gasteiger partial charge < -0.3 is 0 Å².